The van der Waals surface area contributed by atoms with E-state index in [0.717, 1.165) is 38.5 Å². The molecule has 5 rings (SSSR count). The van der Waals surface area contributed by atoms with Crippen LogP contribution < -0.4 is 0 Å². The molecule has 5 saturated carbocycles. The fourth-order valence-corrected chi connectivity index (χ4v) is 12.8. The van der Waals surface area contributed by atoms with Crippen LogP contribution in [0.4, 0.5) is 0 Å². The number of ether oxygens (including phenoxy) is 1. The summed E-state index contributed by atoms with van der Waals surface area (Å²) in [6, 6.07) is 0. The highest BCUT2D eigenvalue weighted by atomic mass is 16.5. The van der Waals surface area contributed by atoms with Crippen molar-refractivity contribution in [3.05, 3.63) is 0 Å². The van der Waals surface area contributed by atoms with E-state index in [1.807, 2.05) is 13.8 Å². The van der Waals surface area contributed by atoms with Crippen LogP contribution in [0.2, 0.25) is 0 Å². The predicted octanol–water partition coefficient (Wildman–Crippen LogP) is 8.73. The van der Waals surface area contributed by atoms with Gasteiger partial charge >= 0.3 is 11.9 Å². The zero-order chi connectivity index (χ0) is 31.0. The van der Waals surface area contributed by atoms with Crippen LogP contribution in [-0.2, 0) is 19.1 Å². The quantitative estimate of drug-likeness (QED) is 0.303. The number of Topliss-reactive ketones (excluding diaryl/α,β-unsaturated/α-hetero) is 1. The Labute approximate surface area is 255 Å². The van der Waals surface area contributed by atoms with Crippen molar-refractivity contribution < 1.29 is 24.2 Å². The van der Waals surface area contributed by atoms with Crippen molar-refractivity contribution in [3.63, 3.8) is 0 Å². The first-order valence-electron chi connectivity index (χ1n) is 17.4. The SMILES string of the molecule is CC(C)C(=O)O[C@@H]1CC[C@@]2(C)C(CC[C@]3(C)C2CCC2C4[C@H](C(C)C)CC[C@]4(C(=O)CCC(=O)O)CC[C@]23C)C1(C)C. The Morgan fingerprint density at radius 1 is 0.762 bits per heavy atom. The van der Waals surface area contributed by atoms with Crippen molar-refractivity contribution in [1.29, 1.82) is 0 Å². The van der Waals surface area contributed by atoms with Crippen LogP contribution in [0.1, 0.15) is 139 Å². The van der Waals surface area contributed by atoms with Crippen molar-refractivity contribution in [2.45, 2.75) is 145 Å². The summed E-state index contributed by atoms with van der Waals surface area (Å²) in [7, 11) is 0. The van der Waals surface area contributed by atoms with Crippen molar-refractivity contribution in [2.75, 3.05) is 0 Å². The Balaban J connectivity index is 1.47. The summed E-state index contributed by atoms with van der Waals surface area (Å²) < 4.78 is 6.17. The maximum atomic E-state index is 14.0. The molecule has 5 aliphatic carbocycles. The number of carboxylic acids is 1. The summed E-state index contributed by atoms with van der Waals surface area (Å²) in [4.78, 5) is 38.1. The molecule has 0 heterocycles. The predicted molar refractivity (Wildman–Crippen MR) is 166 cm³/mol. The van der Waals surface area contributed by atoms with Crippen LogP contribution in [0.3, 0.4) is 0 Å². The summed E-state index contributed by atoms with van der Waals surface area (Å²) in [6.07, 6.45) is 11.1. The van der Waals surface area contributed by atoms with Gasteiger partial charge in [-0.3, -0.25) is 14.4 Å². The minimum Gasteiger partial charge on any atom is -0.481 e. The first kappa shape index (κ1) is 32.0. The smallest absolute Gasteiger partial charge is 0.308 e. The third kappa shape index (κ3) is 4.46. The van der Waals surface area contributed by atoms with E-state index in [1.165, 1.54) is 25.7 Å². The van der Waals surface area contributed by atoms with E-state index < -0.39 is 5.97 Å². The van der Waals surface area contributed by atoms with Gasteiger partial charge in [0.15, 0.2) is 0 Å². The number of aliphatic carboxylic acids is 1. The number of carbonyl (C=O) groups excluding carboxylic acids is 2. The van der Waals surface area contributed by atoms with Gasteiger partial charge in [-0.2, -0.15) is 0 Å². The number of fused-ring (bicyclic) bond motifs is 7. The highest BCUT2D eigenvalue weighted by Crippen LogP contribution is 2.77. The molecular weight excluding hydrogens is 524 g/mol. The number of esters is 1. The molecule has 5 nitrogen and oxygen atoms in total. The molecule has 0 aromatic heterocycles. The molecule has 5 fully saturated rings. The maximum absolute atomic E-state index is 14.0. The van der Waals surface area contributed by atoms with E-state index in [9.17, 15) is 19.5 Å². The molecular formula is C37H60O5. The second kappa shape index (κ2) is 10.6. The van der Waals surface area contributed by atoms with E-state index in [-0.39, 0.29) is 63.7 Å². The fourth-order valence-electron chi connectivity index (χ4n) is 12.8. The highest BCUT2D eigenvalue weighted by Gasteiger charge is 2.72. The van der Waals surface area contributed by atoms with E-state index in [4.69, 9.17) is 4.74 Å². The van der Waals surface area contributed by atoms with Crippen molar-refractivity contribution in [1.82, 2.24) is 0 Å². The van der Waals surface area contributed by atoms with Gasteiger partial charge in [-0.1, -0.05) is 62.3 Å². The van der Waals surface area contributed by atoms with Gasteiger partial charge in [-0.05, 0) is 116 Å². The van der Waals surface area contributed by atoms with E-state index in [1.54, 1.807) is 0 Å². The fraction of sp³-hybridized carbons (Fsp3) is 0.919. The van der Waals surface area contributed by atoms with Crippen LogP contribution in [0.5, 0.6) is 0 Å². The maximum Gasteiger partial charge on any atom is 0.308 e. The van der Waals surface area contributed by atoms with Gasteiger partial charge in [0.05, 0.1) is 12.3 Å². The van der Waals surface area contributed by atoms with E-state index in [0.29, 0.717) is 35.5 Å². The number of carbonyl (C=O) groups is 3. The van der Waals surface area contributed by atoms with Gasteiger partial charge in [0, 0.05) is 17.3 Å². The number of rotatable bonds is 7. The molecule has 0 radical (unpaired) electrons. The Morgan fingerprint density at radius 3 is 2.07 bits per heavy atom. The Hall–Kier alpha value is -1.39. The largest absolute Gasteiger partial charge is 0.481 e. The summed E-state index contributed by atoms with van der Waals surface area (Å²) in [6.45, 7) is 21.1. The Morgan fingerprint density at radius 2 is 1.45 bits per heavy atom. The molecule has 0 aromatic carbocycles. The number of hydrogen-bond acceptors (Lipinski definition) is 4. The molecule has 0 aromatic rings. The number of ketones is 1. The summed E-state index contributed by atoms with van der Waals surface area (Å²) in [5.74, 6) is 2.36. The lowest BCUT2D eigenvalue weighted by atomic mass is 9.32. The molecule has 1 N–H and O–H groups in total. The van der Waals surface area contributed by atoms with Crippen LogP contribution in [-0.4, -0.2) is 28.9 Å². The van der Waals surface area contributed by atoms with Crippen molar-refractivity contribution >= 4 is 17.7 Å². The minimum atomic E-state index is -0.856. The molecule has 4 unspecified atom stereocenters. The van der Waals surface area contributed by atoms with Gasteiger partial charge in [0.25, 0.3) is 0 Å². The molecule has 0 spiro atoms. The lowest BCUT2D eigenvalue weighted by Crippen LogP contribution is -2.67. The monoisotopic (exact) mass is 584 g/mol. The third-order valence-electron chi connectivity index (χ3n) is 15.1. The normalized spacial score (nSPS) is 45.9. The molecule has 0 saturated heterocycles. The van der Waals surface area contributed by atoms with E-state index >= 15 is 0 Å². The minimum absolute atomic E-state index is 0.0147. The average Bonchev–Trinajstić information content (AvgIpc) is 3.30. The van der Waals surface area contributed by atoms with Crippen molar-refractivity contribution in [2.24, 2.45) is 68.5 Å². The molecule has 10 atom stereocenters. The summed E-state index contributed by atoms with van der Waals surface area (Å²) >= 11 is 0. The van der Waals surface area contributed by atoms with Crippen LogP contribution in [0.15, 0.2) is 0 Å². The molecule has 0 aliphatic heterocycles. The lowest BCUT2D eigenvalue weighted by Gasteiger charge is -2.73. The summed E-state index contributed by atoms with van der Waals surface area (Å²) in [5, 5.41) is 9.39. The first-order valence-corrected chi connectivity index (χ1v) is 17.4. The highest BCUT2D eigenvalue weighted by molar-refractivity contribution is 5.88. The van der Waals surface area contributed by atoms with E-state index in [2.05, 4.69) is 48.5 Å². The van der Waals surface area contributed by atoms with Gasteiger partial charge < -0.3 is 9.84 Å². The van der Waals surface area contributed by atoms with Crippen LogP contribution >= 0.6 is 0 Å². The second-order valence-electron chi connectivity index (χ2n) is 17.6. The van der Waals surface area contributed by atoms with Crippen molar-refractivity contribution in [3.8, 4) is 0 Å². The average molecular weight is 585 g/mol. The van der Waals surface area contributed by atoms with Gasteiger partial charge in [0.1, 0.15) is 11.9 Å². The van der Waals surface area contributed by atoms with Gasteiger partial charge in [0.2, 0.25) is 0 Å². The van der Waals surface area contributed by atoms with Crippen LogP contribution in [0.25, 0.3) is 0 Å². The second-order valence-corrected chi connectivity index (χ2v) is 17.6. The van der Waals surface area contributed by atoms with Gasteiger partial charge in [-0.25, -0.2) is 0 Å². The molecule has 0 amide bonds. The zero-order valence-electron chi connectivity index (χ0n) is 28.2. The van der Waals surface area contributed by atoms with Crippen LogP contribution in [0, 0.1) is 68.5 Å². The molecule has 0 bridgehead atoms. The summed E-state index contributed by atoms with van der Waals surface area (Å²) in [5.41, 5.74) is 0.222. The molecule has 5 aliphatic rings. The molecule has 42 heavy (non-hydrogen) atoms. The number of hydrogen-bond donors (Lipinski definition) is 1. The standard InChI is InChI=1S/C37H60O5/c1-22(2)24-14-19-37(28(38)12-13-30(39)40)21-20-35(8)25(31(24)37)10-11-27-34(7)17-16-29(42-32(41)23(3)4)33(5,6)26(34)15-18-36(27,35)9/h22-27,29,31H,10-21H2,1-9H3,(H,39,40)/t24-,25?,26?,27?,29+,31?,34-,35+,36+,37+/m0/s1. The first-order chi connectivity index (χ1) is 19.5. The Bertz CT molecular complexity index is 1090. The van der Waals surface area contributed by atoms with Gasteiger partial charge in [-0.15, -0.1) is 0 Å². The topological polar surface area (TPSA) is 80.7 Å². The zero-order valence-corrected chi connectivity index (χ0v) is 28.2. The Kier molecular flexibility index (Phi) is 8.09. The number of carboxylic acid groups (broad SMARTS) is 1. The lowest BCUT2D eigenvalue weighted by molar-refractivity contribution is -0.250. The molecule has 238 valence electrons. The third-order valence-corrected chi connectivity index (χ3v) is 15.1. The molecule has 5 heteroatoms.